The highest BCUT2D eigenvalue weighted by molar-refractivity contribution is 6.30. The van der Waals surface area contributed by atoms with Crippen molar-refractivity contribution in [2.75, 3.05) is 7.05 Å². The third-order valence-electron chi connectivity index (χ3n) is 3.68. The topological polar surface area (TPSA) is 29.3 Å². The first-order valence-electron chi connectivity index (χ1n) is 6.93. The number of benzene rings is 2. The van der Waals surface area contributed by atoms with Crippen molar-refractivity contribution in [3.05, 3.63) is 70.0 Å². The summed E-state index contributed by atoms with van der Waals surface area (Å²) in [7, 11) is 2.01. The standard InChI is InChI=1S/C17H20ClFN2/c1-12(15-4-3-5-16(18)9-15)21(2)11-14-6-13(10-20)7-17(19)8-14/h3-9,12H,10-11,20H2,1-2H3. The first-order valence-corrected chi connectivity index (χ1v) is 7.31. The summed E-state index contributed by atoms with van der Waals surface area (Å²) in [4.78, 5) is 2.15. The second-order valence-electron chi connectivity index (χ2n) is 5.32. The van der Waals surface area contributed by atoms with Crippen LogP contribution in [0.4, 0.5) is 4.39 Å². The van der Waals surface area contributed by atoms with Gasteiger partial charge in [-0.2, -0.15) is 0 Å². The van der Waals surface area contributed by atoms with E-state index in [0.717, 1.165) is 21.7 Å². The zero-order valence-electron chi connectivity index (χ0n) is 12.3. The molecule has 0 fully saturated rings. The Morgan fingerprint density at radius 3 is 2.57 bits per heavy atom. The third kappa shape index (κ3) is 4.27. The smallest absolute Gasteiger partial charge is 0.123 e. The normalized spacial score (nSPS) is 12.7. The number of hydrogen-bond donors (Lipinski definition) is 1. The molecular weight excluding hydrogens is 287 g/mol. The van der Waals surface area contributed by atoms with Crippen LogP contribution in [0.3, 0.4) is 0 Å². The van der Waals surface area contributed by atoms with Gasteiger partial charge in [-0.15, -0.1) is 0 Å². The summed E-state index contributed by atoms with van der Waals surface area (Å²) in [5.74, 6) is -0.239. The van der Waals surface area contributed by atoms with Crippen LogP contribution < -0.4 is 5.73 Å². The minimum atomic E-state index is -0.239. The number of hydrogen-bond acceptors (Lipinski definition) is 2. The van der Waals surface area contributed by atoms with E-state index in [1.165, 1.54) is 6.07 Å². The van der Waals surface area contributed by atoms with Crippen molar-refractivity contribution in [3.8, 4) is 0 Å². The lowest BCUT2D eigenvalue weighted by atomic mass is 10.1. The van der Waals surface area contributed by atoms with E-state index in [1.54, 1.807) is 6.07 Å². The van der Waals surface area contributed by atoms with Gasteiger partial charge >= 0.3 is 0 Å². The Balaban J connectivity index is 2.13. The Morgan fingerprint density at radius 1 is 1.19 bits per heavy atom. The van der Waals surface area contributed by atoms with Gasteiger partial charge in [0.25, 0.3) is 0 Å². The largest absolute Gasteiger partial charge is 0.326 e. The van der Waals surface area contributed by atoms with Gasteiger partial charge in [-0.3, -0.25) is 4.90 Å². The van der Waals surface area contributed by atoms with Crippen LogP contribution in [0.1, 0.15) is 29.7 Å². The Kier molecular flexibility index (Phi) is 5.34. The van der Waals surface area contributed by atoms with Crippen LogP contribution in [-0.4, -0.2) is 11.9 Å². The predicted molar refractivity (Wildman–Crippen MR) is 85.6 cm³/mol. The van der Waals surface area contributed by atoms with Crippen LogP contribution in [0, 0.1) is 5.82 Å². The van der Waals surface area contributed by atoms with E-state index < -0.39 is 0 Å². The molecule has 0 saturated heterocycles. The molecule has 2 aromatic rings. The highest BCUT2D eigenvalue weighted by Gasteiger charge is 2.13. The first kappa shape index (κ1) is 16.0. The minimum Gasteiger partial charge on any atom is -0.326 e. The van der Waals surface area contributed by atoms with Crippen molar-refractivity contribution in [3.63, 3.8) is 0 Å². The first-order chi connectivity index (χ1) is 9.99. The van der Waals surface area contributed by atoms with Gasteiger partial charge in [0.1, 0.15) is 5.82 Å². The molecule has 0 spiro atoms. The van der Waals surface area contributed by atoms with Gasteiger partial charge in [-0.1, -0.05) is 29.8 Å². The summed E-state index contributed by atoms with van der Waals surface area (Å²) in [6, 6.07) is 13.0. The number of halogens is 2. The predicted octanol–water partition coefficient (Wildman–Crippen LogP) is 4.13. The molecule has 0 aliphatic carbocycles. The summed E-state index contributed by atoms with van der Waals surface area (Å²) in [6.45, 7) is 3.10. The molecule has 0 aliphatic heterocycles. The molecule has 0 saturated carbocycles. The van der Waals surface area contributed by atoms with Gasteiger partial charge < -0.3 is 5.73 Å². The van der Waals surface area contributed by atoms with Crippen LogP contribution in [0.25, 0.3) is 0 Å². The molecule has 1 atom stereocenters. The van der Waals surface area contributed by atoms with Gasteiger partial charge in [0.15, 0.2) is 0 Å². The summed E-state index contributed by atoms with van der Waals surface area (Å²) < 4.78 is 13.6. The molecule has 1 unspecified atom stereocenters. The second kappa shape index (κ2) is 7.03. The van der Waals surface area contributed by atoms with Crippen molar-refractivity contribution in [2.45, 2.75) is 26.1 Å². The molecule has 2 N–H and O–H groups in total. The number of nitrogens with zero attached hydrogens (tertiary/aromatic N) is 1. The maximum absolute atomic E-state index is 13.6. The molecule has 0 amide bonds. The van der Waals surface area contributed by atoms with Crippen molar-refractivity contribution < 1.29 is 4.39 Å². The maximum Gasteiger partial charge on any atom is 0.123 e. The van der Waals surface area contributed by atoms with Crippen LogP contribution in [0.15, 0.2) is 42.5 Å². The van der Waals surface area contributed by atoms with Crippen molar-refractivity contribution in [2.24, 2.45) is 5.73 Å². The monoisotopic (exact) mass is 306 g/mol. The molecule has 21 heavy (non-hydrogen) atoms. The molecular formula is C17H20ClFN2. The molecule has 0 radical (unpaired) electrons. The quantitative estimate of drug-likeness (QED) is 0.900. The lowest BCUT2D eigenvalue weighted by Crippen LogP contribution is -2.22. The van der Waals surface area contributed by atoms with Crippen molar-refractivity contribution >= 4 is 11.6 Å². The second-order valence-corrected chi connectivity index (χ2v) is 5.75. The molecule has 0 heterocycles. The number of rotatable bonds is 5. The zero-order valence-corrected chi connectivity index (χ0v) is 13.1. The Labute approximate surface area is 130 Å². The SMILES string of the molecule is CC(c1cccc(Cl)c1)N(C)Cc1cc(F)cc(CN)c1. The summed E-state index contributed by atoms with van der Waals surface area (Å²) in [6.07, 6.45) is 0. The fourth-order valence-electron chi connectivity index (χ4n) is 2.37. The highest BCUT2D eigenvalue weighted by atomic mass is 35.5. The summed E-state index contributed by atoms with van der Waals surface area (Å²) in [5, 5.41) is 0.726. The minimum absolute atomic E-state index is 0.188. The fourth-order valence-corrected chi connectivity index (χ4v) is 2.57. The van der Waals surface area contributed by atoms with Crippen LogP contribution in [0.5, 0.6) is 0 Å². The van der Waals surface area contributed by atoms with Crippen molar-refractivity contribution in [1.82, 2.24) is 4.90 Å². The summed E-state index contributed by atoms with van der Waals surface area (Å²) in [5.41, 5.74) is 8.47. The lowest BCUT2D eigenvalue weighted by molar-refractivity contribution is 0.252. The Morgan fingerprint density at radius 2 is 1.90 bits per heavy atom. The highest BCUT2D eigenvalue weighted by Crippen LogP contribution is 2.23. The molecule has 2 rings (SSSR count). The van der Waals surface area contributed by atoms with Crippen LogP contribution >= 0.6 is 11.6 Å². The van der Waals surface area contributed by atoms with Crippen molar-refractivity contribution in [1.29, 1.82) is 0 Å². The van der Waals surface area contributed by atoms with E-state index in [0.29, 0.717) is 13.1 Å². The van der Waals surface area contributed by atoms with E-state index in [-0.39, 0.29) is 11.9 Å². The average molecular weight is 307 g/mol. The third-order valence-corrected chi connectivity index (χ3v) is 3.91. The van der Waals surface area contributed by atoms with Gasteiger partial charge in [-0.25, -0.2) is 4.39 Å². The Hall–Kier alpha value is -1.42. The zero-order chi connectivity index (χ0) is 15.4. The number of nitrogens with two attached hydrogens (primary N) is 1. The van der Waals surface area contributed by atoms with Gasteiger partial charge in [0, 0.05) is 24.2 Å². The van der Waals surface area contributed by atoms with E-state index in [1.807, 2.05) is 37.4 Å². The van der Waals surface area contributed by atoms with Gasteiger partial charge in [0.2, 0.25) is 0 Å². The fraction of sp³-hybridized carbons (Fsp3) is 0.294. The lowest BCUT2D eigenvalue weighted by Gasteiger charge is -2.25. The molecule has 4 heteroatoms. The molecule has 0 aliphatic rings. The maximum atomic E-state index is 13.6. The molecule has 112 valence electrons. The van der Waals surface area contributed by atoms with Gasteiger partial charge in [0.05, 0.1) is 0 Å². The summed E-state index contributed by atoms with van der Waals surface area (Å²) >= 11 is 6.03. The molecule has 2 nitrogen and oxygen atoms in total. The Bertz CT molecular complexity index is 615. The average Bonchev–Trinajstić information content (AvgIpc) is 2.45. The molecule has 0 aromatic heterocycles. The van der Waals surface area contributed by atoms with E-state index in [2.05, 4.69) is 11.8 Å². The van der Waals surface area contributed by atoms with E-state index in [9.17, 15) is 4.39 Å². The van der Waals surface area contributed by atoms with E-state index >= 15 is 0 Å². The van der Waals surface area contributed by atoms with Crippen LogP contribution in [-0.2, 0) is 13.1 Å². The van der Waals surface area contributed by atoms with Gasteiger partial charge in [-0.05, 0) is 54.9 Å². The molecule has 2 aromatic carbocycles. The van der Waals surface area contributed by atoms with E-state index in [4.69, 9.17) is 17.3 Å². The molecule has 0 bridgehead atoms. The van der Waals surface area contributed by atoms with Crippen LogP contribution in [0.2, 0.25) is 5.02 Å².